The summed E-state index contributed by atoms with van der Waals surface area (Å²) in [6, 6.07) is 10.9. The van der Waals surface area contributed by atoms with Crippen molar-refractivity contribution in [1.29, 1.82) is 0 Å². The predicted molar refractivity (Wildman–Crippen MR) is 92.9 cm³/mol. The Morgan fingerprint density at radius 3 is 2.22 bits per heavy atom. The highest BCUT2D eigenvalue weighted by Gasteiger charge is 2.33. The maximum Gasteiger partial charge on any atom is 0.265 e. The molecule has 0 aliphatic rings. The molecule has 0 saturated carbocycles. The lowest BCUT2D eigenvalue weighted by atomic mass is 10.3. The van der Waals surface area contributed by atoms with E-state index in [1.165, 1.54) is 37.3 Å². The summed E-state index contributed by atoms with van der Waals surface area (Å²) in [4.78, 5) is 11.6. The Hall–Kier alpha value is -1.27. The number of nitrogens with zero attached hydrogens (tertiary/aromatic N) is 1. The second-order valence-electron chi connectivity index (χ2n) is 4.69. The number of benzene rings is 2. The molecule has 2 aromatic carbocycles. The number of halogens is 3. The van der Waals surface area contributed by atoms with Crippen LogP contribution in [-0.4, -0.2) is 19.7 Å². The smallest absolute Gasteiger partial charge is 0.265 e. The second kappa shape index (κ2) is 7.09. The van der Waals surface area contributed by atoms with Gasteiger partial charge in [-0.15, -0.1) is 0 Å². The molecule has 0 aliphatic carbocycles. The average molecular weight is 393 g/mol. The average Bonchev–Trinajstić information content (AvgIpc) is 2.50. The van der Waals surface area contributed by atoms with Gasteiger partial charge < -0.3 is 0 Å². The van der Waals surface area contributed by atoms with E-state index in [0.29, 0.717) is 5.02 Å². The Morgan fingerprint density at radius 1 is 1.09 bits per heavy atom. The fourth-order valence-electron chi connectivity index (χ4n) is 2.00. The zero-order valence-corrected chi connectivity index (χ0v) is 15.0. The van der Waals surface area contributed by atoms with Gasteiger partial charge >= 0.3 is 0 Å². The Kier molecular flexibility index (Phi) is 5.57. The molecule has 8 heteroatoms. The van der Waals surface area contributed by atoms with Crippen molar-refractivity contribution in [3.63, 3.8) is 0 Å². The van der Waals surface area contributed by atoms with Gasteiger partial charge in [-0.1, -0.05) is 41.4 Å². The number of hydrogen-bond donors (Lipinski definition) is 0. The molecule has 4 nitrogen and oxygen atoms in total. The first-order chi connectivity index (χ1) is 10.7. The van der Waals surface area contributed by atoms with E-state index in [1.54, 1.807) is 18.2 Å². The molecule has 23 heavy (non-hydrogen) atoms. The van der Waals surface area contributed by atoms with Gasteiger partial charge in [0.1, 0.15) is 6.04 Å². The highest BCUT2D eigenvalue weighted by Crippen LogP contribution is 2.34. The van der Waals surface area contributed by atoms with E-state index in [1.807, 2.05) is 0 Å². The molecule has 122 valence electrons. The summed E-state index contributed by atoms with van der Waals surface area (Å²) in [5.41, 5.74) is 0.126. The van der Waals surface area contributed by atoms with E-state index < -0.39 is 21.3 Å². The Balaban J connectivity index is 2.66. The van der Waals surface area contributed by atoms with Crippen LogP contribution in [0.1, 0.15) is 6.92 Å². The minimum Gasteiger partial charge on any atom is -0.279 e. The van der Waals surface area contributed by atoms with Crippen molar-refractivity contribution in [2.45, 2.75) is 17.9 Å². The molecule has 0 aromatic heterocycles. The molecule has 0 spiro atoms. The molecule has 0 fully saturated rings. The zero-order chi connectivity index (χ0) is 17.2. The Bertz CT molecular complexity index is 825. The maximum atomic E-state index is 12.9. The first-order valence-corrected chi connectivity index (χ1v) is 9.06. The molecular formula is C15H12Cl3NO3S. The third-order valence-electron chi connectivity index (χ3n) is 3.13. The normalized spacial score (nSPS) is 12.7. The molecule has 0 aliphatic heterocycles. The second-order valence-corrected chi connectivity index (χ2v) is 7.72. The number of sulfonamides is 1. The zero-order valence-electron chi connectivity index (χ0n) is 11.9. The van der Waals surface area contributed by atoms with Crippen molar-refractivity contribution in [2.75, 3.05) is 4.31 Å². The van der Waals surface area contributed by atoms with Gasteiger partial charge in [0.15, 0.2) is 0 Å². The number of rotatable bonds is 5. The molecule has 0 amide bonds. The van der Waals surface area contributed by atoms with E-state index in [0.717, 1.165) is 4.31 Å². The molecule has 0 saturated heterocycles. The third-order valence-corrected chi connectivity index (χ3v) is 5.88. The summed E-state index contributed by atoms with van der Waals surface area (Å²) in [6.45, 7) is 1.39. The van der Waals surface area contributed by atoms with Crippen LogP contribution in [0.15, 0.2) is 53.4 Å². The fraction of sp³-hybridized carbons (Fsp3) is 0.133. The van der Waals surface area contributed by atoms with Crippen molar-refractivity contribution >= 4 is 55.8 Å². The first kappa shape index (κ1) is 18.1. The quantitative estimate of drug-likeness (QED) is 0.711. The van der Waals surface area contributed by atoms with Crippen LogP contribution in [-0.2, 0) is 14.8 Å². The number of carbonyl (C=O) groups is 1. The van der Waals surface area contributed by atoms with Crippen LogP contribution < -0.4 is 4.31 Å². The Morgan fingerprint density at radius 2 is 1.70 bits per heavy atom. The van der Waals surface area contributed by atoms with Gasteiger partial charge in [-0.3, -0.25) is 9.10 Å². The lowest BCUT2D eigenvalue weighted by Gasteiger charge is -2.29. The molecule has 0 radical (unpaired) electrons. The standard InChI is InChI=1S/C15H12Cl3NO3S/c1-10(15(18)20)19(14-8-7-11(16)9-13(14)17)23(21,22)12-5-3-2-4-6-12/h2-10H,1H3. The van der Waals surface area contributed by atoms with Crippen LogP contribution in [0.2, 0.25) is 10.0 Å². The van der Waals surface area contributed by atoms with Crippen LogP contribution in [0.3, 0.4) is 0 Å². The van der Waals surface area contributed by atoms with Gasteiger partial charge in [0.2, 0.25) is 5.24 Å². The summed E-state index contributed by atoms with van der Waals surface area (Å²) >= 11 is 17.5. The van der Waals surface area contributed by atoms with Crippen LogP contribution in [0.25, 0.3) is 0 Å². The molecule has 2 aromatic rings. The van der Waals surface area contributed by atoms with E-state index in [2.05, 4.69) is 0 Å². The van der Waals surface area contributed by atoms with E-state index in [-0.39, 0.29) is 15.6 Å². The number of hydrogen-bond acceptors (Lipinski definition) is 3. The minimum atomic E-state index is -4.03. The monoisotopic (exact) mass is 391 g/mol. The summed E-state index contributed by atoms with van der Waals surface area (Å²) in [5.74, 6) is 0. The fourth-order valence-corrected chi connectivity index (χ4v) is 4.37. The van der Waals surface area contributed by atoms with Gasteiger partial charge in [-0.05, 0) is 48.9 Å². The van der Waals surface area contributed by atoms with Crippen molar-refractivity contribution in [3.8, 4) is 0 Å². The first-order valence-electron chi connectivity index (χ1n) is 6.49. The van der Waals surface area contributed by atoms with Gasteiger partial charge in [-0.2, -0.15) is 0 Å². The molecule has 2 rings (SSSR count). The van der Waals surface area contributed by atoms with Gasteiger partial charge in [0, 0.05) is 5.02 Å². The third kappa shape index (κ3) is 3.80. The maximum absolute atomic E-state index is 12.9. The van der Waals surface area contributed by atoms with E-state index >= 15 is 0 Å². The van der Waals surface area contributed by atoms with Gasteiger partial charge in [0.05, 0.1) is 15.6 Å². The molecule has 1 atom stereocenters. The van der Waals surface area contributed by atoms with E-state index in [4.69, 9.17) is 34.8 Å². The minimum absolute atomic E-state index is 0.0239. The summed E-state index contributed by atoms with van der Waals surface area (Å²) < 4.78 is 26.8. The van der Waals surface area contributed by atoms with Crippen molar-refractivity contribution in [1.82, 2.24) is 0 Å². The molecule has 1 unspecified atom stereocenters. The van der Waals surface area contributed by atoms with Crippen molar-refractivity contribution < 1.29 is 13.2 Å². The summed E-state index contributed by atoms with van der Waals surface area (Å²) in [7, 11) is -4.03. The van der Waals surface area contributed by atoms with Gasteiger partial charge in [-0.25, -0.2) is 8.42 Å². The largest absolute Gasteiger partial charge is 0.279 e. The molecule has 0 bridgehead atoms. The highest BCUT2D eigenvalue weighted by atomic mass is 35.5. The summed E-state index contributed by atoms with van der Waals surface area (Å²) in [5, 5.41) is -0.377. The SMILES string of the molecule is CC(C(=O)Cl)N(c1ccc(Cl)cc1Cl)S(=O)(=O)c1ccccc1. The van der Waals surface area contributed by atoms with Crippen LogP contribution >= 0.6 is 34.8 Å². The Labute approximate surface area is 149 Å². The van der Waals surface area contributed by atoms with Crippen LogP contribution in [0, 0.1) is 0 Å². The topological polar surface area (TPSA) is 54.5 Å². The molecule has 0 heterocycles. The van der Waals surface area contributed by atoms with Gasteiger partial charge in [0.25, 0.3) is 10.0 Å². The molecular weight excluding hydrogens is 381 g/mol. The lowest BCUT2D eigenvalue weighted by Crippen LogP contribution is -2.42. The van der Waals surface area contributed by atoms with Crippen LogP contribution in [0.4, 0.5) is 5.69 Å². The van der Waals surface area contributed by atoms with Crippen LogP contribution in [0.5, 0.6) is 0 Å². The van der Waals surface area contributed by atoms with Crippen molar-refractivity contribution in [2.24, 2.45) is 0 Å². The predicted octanol–water partition coefficient (Wildman–Crippen LogP) is 4.34. The lowest BCUT2D eigenvalue weighted by molar-refractivity contribution is -0.112. The highest BCUT2D eigenvalue weighted by molar-refractivity contribution is 7.93. The summed E-state index contributed by atoms with van der Waals surface area (Å²) in [6.07, 6.45) is 0. The number of carbonyl (C=O) groups excluding carboxylic acids is 1. The number of anilines is 1. The van der Waals surface area contributed by atoms with Crippen molar-refractivity contribution in [3.05, 3.63) is 58.6 Å². The van der Waals surface area contributed by atoms with E-state index in [9.17, 15) is 13.2 Å². The molecule has 0 N–H and O–H groups in total.